The Bertz CT molecular complexity index is 627. The van der Waals surface area contributed by atoms with Gasteiger partial charge in [0.15, 0.2) is 0 Å². The maximum Gasteiger partial charge on any atom is 0.388 e. The van der Waals surface area contributed by atoms with E-state index in [-0.39, 0.29) is 17.1 Å². The largest absolute Gasteiger partial charge is 0.417 e. The zero-order valence-electron chi connectivity index (χ0n) is 11.3. The molecule has 2 aromatic heterocycles. The molecule has 0 N–H and O–H groups in total. The molecule has 0 bridgehead atoms. The lowest BCUT2D eigenvalue weighted by molar-refractivity contribution is -0.0527. The third-order valence-electron chi connectivity index (χ3n) is 3.32. The average molecular weight is 297 g/mol. The van der Waals surface area contributed by atoms with Gasteiger partial charge < -0.3 is 14.0 Å². The summed E-state index contributed by atoms with van der Waals surface area (Å²) in [6.45, 7) is 0.199. The molecule has 112 valence electrons. The molecule has 0 aliphatic carbocycles. The maximum absolute atomic E-state index is 12.2. The van der Waals surface area contributed by atoms with Crippen LogP contribution in [0.4, 0.5) is 8.78 Å². The molecular formula is C13H13F2N3O3. The van der Waals surface area contributed by atoms with Gasteiger partial charge in [0.05, 0.1) is 12.0 Å². The fourth-order valence-electron chi connectivity index (χ4n) is 2.10. The second-order valence-corrected chi connectivity index (χ2v) is 5.03. The van der Waals surface area contributed by atoms with E-state index >= 15 is 0 Å². The quantitative estimate of drug-likeness (QED) is 0.863. The van der Waals surface area contributed by atoms with E-state index in [2.05, 4.69) is 19.9 Å². The highest BCUT2D eigenvalue weighted by molar-refractivity contribution is 5.49. The van der Waals surface area contributed by atoms with Crippen molar-refractivity contribution in [3.05, 3.63) is 24.1 Å². The SMILES string of the molecule is CC1(c2nc(-c3cccc(OC(F)F)n3)no2)CCOC1. The van der Waals surface area contributed by atoms with E-state index < -0.39 is 6.61 Å². The minimum absolute atomic E-state index is 0.190. The number of hydrogen-bond acceptors (Lipinski definition) is 6. The Labute approximate surface area is 119 Å². The van der Waals surface area contributed by atoms with Crippen molar-refractivity contribution < 1.29 is 22.8 Å². The van der Waals surface area contributed by atoms with Crippen LogP contribution in [0.2, 0.25) is 0 Å². The predicted octanol–water partition coefficient (Wildman–Crippen LogP) is 2.41. The molecule has 1 unspecified atom stereocenters. The summed E-state index contributed by atoms with van der Waals surface area (Å²) >= 11 is 0. The lowest BCUT2D eigenvalue weighted by Crippen LogP contribution is -2.22. The molecule has 0 aromatic carbocycles. The number of alkyl halides is 2. The van der Waals surface area contributed by atoms with Crippen LogP contribution in [-0.4, -0.2) is 34.9 Å². The normalized spacial score (nSPS) is 21.9. The fraction of sp³-hybridized carbons (Fsp3) is 0.462. The van der Waals surface area contributed by atoms with Crippen molar-refractivity contribution in [2.75, 3.05) is 13.2 Å². The number of rotatable bonds is 4. The fourth-order valence-corrected chi connectivity index (χ4v) is 2.10. The Hall–Kier alpha value is -2.09. The van der Waals surface area contributed by atoms with Gasteiger partial charge in [-0.15, -0.1) is 0 Å². The van der Waals surface area contributed by atoms with Crippen molar-refractivity contribution in [2.45, 2.75) is 25.4 Å². The van der Waals surface area contributed by atoms with Crippen LogP contribution < -0.4 is 4.74 Å². The minimum Gasteiger partial charge on any atom is -0.417 e. The monoisotopic (exact) mass is 297 g/mol. The highest BCUT2D eigenvalue weighted by atomic mass is 19.3. The molecule has 1 atom stereocenters. The molecule has 1 saturated heterocycles. The van der Waals surface area contributed by atoms with Crippen molar-refractivity contribution in [1.82, 2.24) is 15.1 Å². The molecule has 3 heterocycles. The van der Waals surface area contributed by atoms with Gasteiger partial charge in [0.1, 0.15) is 5.69 Å². The van der Waals surface area contributed by atoms with Gasteiger partial charge in [-0.2, -0.15) is 13.8 Å². The molecule has 1 aliphatic heterocycles. The van der Waals surface area contributed by atoms with Crippen LogP contribution in [0, 0.1) is 0 Å². The first-order valence-electron chi connectivity index (χ1n) is 6.41. The van der Waals surface area contributed by atoms with E-state index in [1.807, 2.05) is 6.92 Å². The minimum atomic E-state index is -2.93. The summed E-state index contributed by atoms with van der Waals surface area (Å²) < 4.78 is 39.2. The third-order valence-corrected chi connectivity index (χ3v) is 3.32. The van der Waals surface area contributed by atoms with Crippen molar-refractivity contribution in [3.63, 3.8) is 0 Å². The van der Waals surface area contributed by atoms with E-state index in [0.29, 0.717) is 24.8 Å². The predicted molar refractivity (Wildman–Crippen MR) is 66.9 cm³/mol. The standard InChI is InChI=1S/C13H13F2N3O3/c1-13(5-6-19-7-13)11-17-10(18-21-11)8-3-2-4-9(16-8)20-12(14)15/h2-4,12H,5-7H2,1H3. The summed E-state index contributed by atoms with van der Waals surface area (Å²) in [6.07, 6.45) is 0.788. The van der Waals surface area contributed by atoms with Crippen molar-refractivity contribution in [1.29, 1.82) is 0 Å². The molecule has 8 heteroatoms. The Morgan fingerprint density at radius 1 is 1.33 bits per heavy atom. The summed E-state index contributed by atoms with van der Waals surface area (Å²) in [5, 5.41) is 3.85. The van der Waals surface area contributed by atoms with Crippen molar-refractivity contribution in [3.8, 4) is 17.4 Å². The number of pyridine rings is 1. The van der Waals surface area contributed by atoms with Crippen LogP contribution >= 0.6 is 0 Å². The summed E-state index contributed by atoms with van der Waals surface area (Å²) in [5.74, 6) is 0.499. The number of ether oxygens (including phenoxy) is 2. The molecule has 3 rings (SSSR count). The Balaban J connectivity index is 1.86. The smallest absolute Gasteiger partial charge is 0.388 e. The van der Waals surface area contributed by atoms with Gasteiger partial charge in [0.25, 0.3) is 0 Å². The van der Waals surface area contributed by atoms with Gasteiger partial charge in [0.2, 0.25) is 17.6 Å². The van der Waals surface area contributed by atoms with Gasteiger partial charge in [-0.05, 0) is 19.4 Å². The van der Waals surface area contributed by atoms with Crippen molar-refractivity contribution in [2.24, 2.45) is 0 Å². The van der Waals surface area contributed by atoms with Crippen LogP contribution in [0.5, 0.6) is 5.88 Å². The summed E-state index contributed by atoms with van der Waals surface area (Å²) in [6, 6.07) is 4.47. The summed E-state index contributed by atoms with van der Waals surface area (Å²) in [7, 11) is 0. The van der Waals surface area contributed by atoms with Crippen LogP contribution in [0.1, 0.15) is 19.2 Å². The van der Waals surface area contributed by atoms with E-state index in [1.54, 1.807) is 6.07 Å². The van der Waals surface area contributed by atoms with Gasteiger partial charge in [0, 0.05) is 12.7 Å². The maximum atomic E-state index is 12.2. The Morgan fingerprint density at radius 2 is 2.19 bits per heavy atom. The molecule has 0 spiro atoms. The number of aromatic nitrogens is 3. The first-order valence-corrected chi connectivity index (χ1v) is 6.41. The van der Waals surface area contributed by atoms with E-state index in [0.717, 1.165) is 6.42 Å². The van der Waals surface area contributed by atoms with E-state index in [1.165, 1.54) is 12.1 Å². The second-order valence-electron chi connectivity index (χ2n) is 5.03. The van der Waals surface area contributed by atoms with Crippen LogP contribution in [0.15, 0.2) is 22.7 Å². The molecule has 0 saturated carbocycles. The van der Waals surface area contributed by atoms with Crippen molar-refractivity contribution >= 4 is 0 Å². The zero-order chi connectivity index (χ0) is 14.9. The second kappa shape index (κ2) is 5.36. The molecular weight excluding hydrogens is 284 g/mol. The highest BCUT2D eigenvalue weighted by Crippen LogP contribution is 2.32. The number of hydrogen-bond donors (Lipinski definition) is 0. The Morgan fingerprint density at radius 3 is 2.90 bits per heavy atom. The van der Waals surface area contributed by atoms with Gasteiger partial charge >= 0.3 is 6.61 Å². The van der Waals surface area contributed by atoms with E-state index in [4.69, 9.17) is 9.26 Å². The highest BCUT2D eigenvalue weighted by Gasteiger charge is 2.37. The number of halogens is 2. The van der Waals surface area contributed by atoms with Gasteiger partial charge in [-0.3, -0.25) is 0 Å². The van der Waals surface area contributed by atoms with Crippen LogP contribution in [0.25, 0.3) is 11.5 Å². The molecule has 0 amide bonds. The topological polar surface area (TPSA) is 70.3 Å². The summed E-state index contributed by atoms with van der Waals surface area (Å²) in [5.41, 5.74) is -0.00633. The van der Waals surface area contributed by atoms with Crippen LogP contribution in [0.3, 0.4) is 0 Å². The average Bonchev–Trinajstić information content (AvgIpc) is 3.08. The van der Waals surface area contributed by atoms with Gasteiger partial charge in [-0.25, -0.2) is 4.98 Å². The Kier molecular flexibility index (Phi) is 3.54. The first kappa shape index (κ1) is 13.9. The molecule has 2 aromatic rings. The molecule has 0 radical (unpaired) electrons. The molecule has 1 aliphatic rings. The molecule has 1 fully saturated rings. The first-order chi connectivity index (χ1) is 10.1. The lowest BCUT2D eigenvalue weighted by Gasteiger charge is -2.14. The van der Waals surface area contributed by atoms with E-state index in [9.17, 15) is 8.78 Å². The molecule has 21 heavy (non-hydrogen) atoms. The number of nitrogens with zero attached hydrogens (tertiary/aromatic N) is 3. The zero-order valence-corrected chi connectivity index (χ0v) is 11.3. The van der Waals surface area contributed by atoms with Gasteiger partial charge in [-0.1, -0.05) is 11.2 Å². The third kappa shape index (κ3) is 2.85. The summed E-state index contributed by atoms with van der Waals surface area (Å²) in [4.78, 5) is 8.22. The molecule has 6 nitrogen and oxygen atoms in total. The van der Waals surface area contributed by atoms with Crippen LogP contribution in [-0.2, 0) is 10.2 Å². The lowest BCUT2D eigenvalue weighted by atomic mass is 9.90.